The molecule has 1 heterocycles. The first-order chi connectivity index (χ1) is 9.29. The van der Waals surface area contributed by atoms with Gasteiger partial charge in [-0.15, -0.1) is 0 Å². The van der Waals surface area contributed by atoms with Gasteiger partial charge in [0.25, 0.3) is 0 Å². The summed E-state index contributed by atoms with van der Waals surface area (Å²) in [7, 11) is 0. The summed E-state index contributed by atoms with van der Waals surface area (Å²) in [5.74, 6) is 0. The highest BCUT2D eigenvalue weighted by atomic mass is 16.2. The van der Waals surface area contributed by atoms with Gasteiger partial charge in [0.05, 0.1) is 0 Å². The van der Waals surface area contributed by atoms with Crippen molar-refractivity contribution in [1.82, 2.24) is 0 Å². The van der Waals surface area contributed by atoms with Crippen molar-refractivity contribution in [2.45, 2.75) is 19.8 Å². The first-order valence-corrected chi connectivity index (χ1v) is 6.85. The van der Waals surface area contributed by atoms with E-state index in [0.29, 0.717) is 0 Å². The van der Waals surface area contributed by atoms with Gasteiger partial charge in [0.2, 0.25) is 0 Å². The summed E-state index contributed by atoms with van der Waals surface area (Å²) in [6.45, 7) is 3.42. The highest BCUT2D eigenvalue weighted by molar-refractivity contribution is 5.72. The lowest BCUT2D eigenvalue weighted by Crippen LogP contribution is -2.14. The minimum Gasteiger partial charge on any atom is -0.396 e. The van der Waals surface area contributed by atoms with Crippen molar-refractivity contribution in [1.29, 1.82) is 0 Å². The Morgan fingerprint density at radius 1 is 1.11 bits per heavy atom. The third-order valence-electron chi connectivity index (χ3n) is 3.84. The molecular formula is C17H19NO. The van der Waals surface area contributed by atoms with E-state index in [0.717, 1.165) is 19.4 Å². The van der Waals surface area contributed by atoms with Crippen molar-refractivity contribution in [2.75, 3.05) is 18.1 Å². The maximum absolute atomic E-state index is 9.01. The van der Waals surface area contributed by atoms with Crippen LogP contribution in [-0.2, 0) is 12.8 Å². The summed E-state index contributed by atoms with van der Waals surface area (Å²) < 4.78 is 0. The average Bonchev–Trinajstić information content (AvgIpc) is 2.83. The molecule has 19 heavy (non-hydrogen) atoms. The Morgan fingerprint density at radius 2 is 1.95 bits per heavy atom. The molecule has 2 aromatic rings. The lowest BCUT2D eigenvalue weighted by molar-refractivity contribution is 0.299. The summed E-state index contributed by atoms with van der Waals surface area (Å²) in [5, 5.41) is 9.01. The third-order valence-corrected chi connectivity index (χ3v) is 3.84. The molecule has 3 rings (SSSR count). The summed E-state index contributed by atoms with van der Waals surface area (Å²) in [6, 6.07) is 15.1. The van der Waals surface area contributed by atoms with Crippen molar-refractivity contribution in [3.05, 3.63) is 59.2 Å². The standard InChI is InChI=1S/C17H19NO/c1-13-12-14(9-11-19)6-7-16(13)18-10-8-15-4-2-3-5-17(15)18/h2-7,12,19H,8-11H2,1H3. The number of aryl methyl sites for hydroxylation is 1. The number of anilines is 2. The largest absolute Gasteiger partial charge is 0.396 e. The smallest absolute Gasteiger partial charge is 0.0471 e. The van der Waals surface area contributed by atoms with E-state index in [2.05, 4.69) is 54.3 Å². The predicted octanol–water partition coefficient (Wildman–Crippen LogP) is 3.22. The summed E-state index contributed by atoms with van der Waals surface area (Å²) >= 11 is 0. The molecule has 0 saturated carbocycles. The Kier molecular flexibility index (Phi) is 3.26. The van der Waals surface area contributed by atoms with Gasteiger partial charge in [-0.25, -0.2) is 0 Å². The SMILES string of the molecule is Cc1cc(CCO)ccc1N1CCc2ccccc21. The van der Waals surface area contributed by atoms with E-state index in [-0.39, 0.29) is 6.61 Å². The molecule has 98 valence electrons. The Bertz CT molecular complexity index is 592. The molecule has 0 fully saturated rings. The highest BCUT2D eigenvalue weighted by Gasteiger charge is 2.20. The molecule has 0 aliphatic carbocycles. The number of hydrogen-bond acceptors (Lipinski definition) is 2. The van der Waals surface area contributed by atoms with Crippen LogP contribution in [0.15, 0.2) is 42.5 Å². The average molecular weight is 253 g/mol. The zero-order chi connectivity index (χ0) is 13.2. The number of hydrogen-bond donors (Lipinski definition) is 1. The third kappa shape index (κ3) is 2.24. The number of benzene rings is 2. The lowest BCUT2D eigenvalue weighted by Gasteiger charge is -2.22. The molecule has 0 aromatic heterocycles. The van der Waals surface area contributed by atoms with Crippen LogP contribution in [0.5, 0.6) is 0 Å². The van der Waals surface area contributed by atoms with Gasteiger partial charge in [-0.1, -0.05) is 30.3 Å². The van der Waals surface area contributed by atoms with Crippen molar-refractivity contribution in [2.24, 2.45) is 0 Å². The number of nitrogens with zero attached hydrogens (tertiary/aromatic N) is 1. The van der Waals surface area contributed by atoms with Crippen LogP contribution in [0.4, 0.5) is 11.4 Å². The Balaban J connectivity index is 1.96. The maximum Gasteiger partial charge on any atom is 0.0471 e. The molecular weight excluding hydrogens is 234 g/mol. The summed E-state index contributed by atoms with van der Waals surface area (Å²) in [5.41, 5.74) is 6.53. The van der Waals surface area contributed by atoms with E-state index < -0.39 is 0 Å². The predicted molar refractivity (Wildman–Crippen MR) is 79.1 cm³/mol. The quantitative estimate of drug-likeness (QED) is 0.908. The number of fused-ring (bicyclic) bond motifs is 1. The monoisotopic (exact) mass is 253 g/mol. The van der Waals surface area contributed by atoms with Crippen LogP contribution in [0, 0.1) is 6.92 Å². The zero-order valence-electron chi connectivity index (χ0n) is 11.3. The molecule has 2 heteroatoms. The van der Waals surface area contributed by atoms with Crippen LogP contribution in [0.25, 0.3) is 0 Å². The summed E-state index contributed by atoms with van der Waals surface area (Å²) in [6.07, 6.45) is 1.85. The second kappa shape index (κ2) is 5.06. The van der Waals surface area contributed by atoms with Gasteiger partial charge < -0.3 is 10.0 Å². The number of para-hydroxylation sites is 1. The fourth-order valence-corrected chi connectivity index (χ4v) is 2.89. The molecule has 1 aliphatic rings. The van der Waals surface area contributed by atoms with E-state index in [4.69, 9.17) is 5.11 Å². The Labute approximate surface area is 114 Å². The molecule has 2 nitrogen and oxygen atoms in total. The van der Waals surface area contributed by atoms with Crippen molar-refractivity contribution in [3.8, 4) is 0 Å². The number of aliphatic hydroxyl groups excluding tert-OH is 1. The minimum absolute atomic E-state index is 0.214. The molecule has 0 spiro atoms. The fraction of sp³-hybridized carbons (Fsp3) is 0.294. The van der Waals surface area contributed by atoms with E-state index in [1.807, 2.05) is 0 Å². The molecule has 0 atom stereocenters. The minimum atomic E-state index is 0.214. The Morgan fingerprint density at radius 3 is 2.74 bits per heavy atom. The van der Waals surface area contributed by atoms with Gasteiger partial charge in [0.15, 0.2) is 0 Å². The fourth-order valence-electron chi connectivity index (χ4n) is 2.89. The van der Waals surface area contributed by atoms with Gasteiger partial charge in [0.1, 0.15) is 0 Å². The molecule has 0 saturated heterocycles. The normalized spacial score (nSPS) is 13.7. The van der Waals surface area contributed by atoms with Crippen LogP contribution in [0.3, 0.4) is 0 Å². The molecule has 1 N–H and O–H groups in total. The molecule has 0 unspecified atom stereocenters. The number of aliphatic hydroxyl groups is 1. The van der Waals surface area contributed by atoms with Gasteiger partial charge in [-0.05, 0) is 48.6 Å². The Hall–Kier alpha value is -1.80. The van der Waals surface area contributed by atoms with Gasteiger partial charge in [-0.3, -0.25) is 0 Å². The second-order valence-electron chi connectivity index (χ2n) is 5.12. The van der Waals surface area contributed by atoms with Gasteiger partial charge in [0, 0.05) is 24.5 Å². The topological polar surface area (TPSA) is 23.5 Å². The highest BCUT2D eigenvalue weighted by Crippen LogP contribution is 2.36. The van der Waals surface area contributed by atoms with Crippen LogP contribution in [-0.4, -0.2) is 18.3 Å². The van der Waals surface area contributed by atoms with Crippen LogP contribution in [0.1, 0.15) is 16.7 Å². The van der Waals surface area contributed by atoms with Crippen molar-refractivity contribution < 1.29 is 5.11 Å². The summed E-state index contributed by atoms with van der Waals surface area (Å²) in [4.78, 5) is 2.40. The maximum atomic E-state index is 9.01. The molecule has 0 radical (unpaired) electrons. The number of rotatable bonds is 3. The van der Waals surface area contributed by atoms with Crippen molar-refractivity contribution in [3.63, 3.8) is 0 Å². The first kappa shape index (κ1) is 12.2. The molecule has 2 aromatic carbocycles. The van der Waals surface area contributed by atoms with E-state index in [1.54, 1.807) is 0 Å². The molecule has 0 bridgehead atoms. The van der Waals surface area contributed by atoms with Crippen LogP contribution >= 0.6 is 0 Å². The van der Waals surface area contributed by atoms with Gasteiger partial charge >= 0.3 is 0 Å². The van der Waals surface area contributed by atoms with E-state index >= 15 is 0 Å². The van der Waals surface area contributed by atoms with Crippen LogP contribution in [0.2, 0.25) is 0 Å². The van der Waals surface area contributed by atoms with Crippen molar-refractivity contribution >= 4 is 11.4 Å². The zero-order valence-corrected chi connectivity index (χ0v) is 11.3. The molecule has 1 aliphatic heterocycles. The van der Waals surface area contributed by atoms with E-state index in [1.165, 1.54) is 28.1 Å². The second-order valence-corrected chi connectivity index (χ2v) is 5.12. The molecule has 0 amide bonds. The lowest BCUT2D eigenvalue weighted by atomic mass is 10.1. The van der Waals surface area contributed by atoms with E-state index in [9.17, 15) is 0 Å². The first-order valence-electron chi connectivity index (χ1n) is 6.85. The van der Waals surface area contributed by atoms with Crippen LogP contribution < -0.4 is 4.90 Å². The van der Waals surface area contributed by atoms with Gasteiger partial charge in [-0.2, -0.15) is 0 Å².